The lowest BCUT2D eigenvalue weighted by atomic mass is 9.87. The average molecular weight is 482 g/mol. The van der Waals surface area contributed by atoms with E-state index in [1.165, 1.54) is 5.56 Å². The Bertz CT molecular complexity index is 1020. The van der Waals surface area contributed by atoms with E-state index in [-0.39, 0.29) is 11.3 Å². The summed E-state index contributed by atoms with van der Waals surface area (Å²) < 4.78 is 12.7. The molecule has 0 spiro atoms. The monoisotopic (exact) mass is 481 g/mol. The molecule has 0 radical (unpaired) electrons. The molecule has 5 heteroatoms. The maximum absolute atomic E-state index is 12.7. The number of hydrogen-bond donors (Lipinski definition) is 1. The number of anilines is 1. The zero-order valence-electron chi connectivity index (χ0n) is 18.4. The number of hydrogen-bond acceptors (Lipinski definition) is 3. The van der Waals surface area contributed by atoms with Crippen molar-refractivity contribution in [3.8, 4) is 11.5 Å². The van der Waals surface area contributed by atoms with E-state index in [4.69, 9.17) is 9.47 Å². The molecule has 162 valence electrons. The predicted octanol–water partition coefficient (Wildman–Crippen LogP) is 6.98. The molecule has 0 unspecified atom stereocenters. The molecule has 0 atom stereocenters. The van der Waals surface area contributed by atoms with Crippen LogP contribution in [0.15, 0.2) is 71.2 Å². The highest BCUT2D eigenvalue weighted by atomic mass is 79.9. The molecule has 0 saturated heterocycles. The molecule has 31 heavy (non-hydrogen) atoms. The summed E-state index contributed by atoms with van der Waals surface area (Å²) in [5, 5.41) is 2.92. The van der Waals surface area contributed by atoms with Crippen LogP contribution in [0.1, 0.15) is 49.2 Å². The van der Waals surface area contributed by atoms with Gasteiger partial charge in [0, 0.05) is 21.3 Å². The fourth-order valence-corrected chi connectivity index (χ4v) is 3.34. The zero-order valence-corrected chi connectivity index (χ0v) is 20.0. The van der Waals surface area contributed by atoms with Gasteiger partial charge in [-0.1, -0.05) is 48.8 Å². The first-order valence-electron chi connectivity index (χ1n) is 10.3. The average Bonchev–Trinajstić information content (AvgIpc) is 2.74. The van der Waals surface area contributed by atoms with Gasteiger partial charge in [-0.3, -0.25) is 4.79 Å². The summed E-state index contributed by atoms with van der Waals surface area (Å²) in [6.07, 6.45) is 0. The van der Waals surface area contributed by atoms with E-state index in [0.717, 1.165) is 21.5 Å². The van der Waals surface area contributed by atoms with Crippen molar-refractivity contribution in [3.05, 3.63) is 87.9 Å². The molecule has 3 aromatic carbocycles. The maximum Gasteiger partial charge on any atom is 0.255 e. The van der Waals surface area contributed by atoms with Gasteiger partial charge in [0.1, 0.15) is 18.1 Å². The van der Waals surface area contributed by atoms with Gasteiger partial charge in [0.05, 0.1) is 6.61 Å². The van der Waals surface area contributed by atoms with Crippen LogP contribution in [0.3, 0.4) is 0 Å². The Hall–Kier alpha value is -2.79. The highest BCUT2D eigenvalue weighted by Gasteiger charge is 2.14. The van der Waals surface area contributed by atoms with Crippen molar-refractivity contribution in [1.82, 2.24) is 0 Å². The van der Waals surface area contributed by atoms with Gasteiger partial charge < -0.3 is 14.8 Å². The zero-order chi connectivity index (χ0) is 22.4. The van der Waals surface area contributed by atoms with Crippen LogP contribution in [0.4, 0.5) is 5.69 Å². The molecule has 4 nitrogen and oxygen atoms in total. The molecule has 0 aliphatic carbocycles. The summed E-state index contributed by atoms with van der Waals surface area (Å²) in [5.74, 6) is 1.32. The van der Waals surface area contributed by atoms with E-state index < -0.39 is 0 Å². The molecular weight excluding hydrogens is 454 g/mol. The second-order valence-corrected chi connectivity index (χ2v) is 9.20. The van der Waals surface area contributed by atoms with Crippen molar-refractivity contribution in [3.63, 3.8) is 0 Å². The van der Waals surface area contributed by atoms with Crippen molar-refractivity contribution in [1.29, 1.82) is 0 Å². The highest BCUT2D eigenvalue weighted by molar-refractivity contribution is 9.10. The fraction of sp³-hybridized carbons (Fsp3) is 0.269. The first-order valence-corrected chi connectivity index (χ1v) is 11.1. The number of nitrogens with one attached hydrogen (secondary N) is 1. The van der Waals surface area contributed by atoms with Gasteiger partial charge in [0.15, 0.2) is 0 Å². The van der Waals surface area contributed by atoms with E-state index in [0.29, 0.717) is 24.5 Å². The Morgan fingerprint density at radius 2 is 1.61 bits per heavy atom. The summed E-state index contributed by atoms with van der Waals surface area (Å²) in [6.45, 7) is 9.33. The minimum absolute atomic E-state index is 0.0944. The first kappa shape index (κ1) is 22.9. The van der Waals surface area contributed by atoms with Gasteiger partial charge in [0.25, 0.3) is 5.91 Å². The quantitative estimate of drug-likeness (QED) is 0.395. The van der Waals surface area contributed by atoms with Gasteiger partial charge in [-0.15, -0.1) is 0 Å². The summed E-state index contributed by atoms with van der Waals surface area (Å²) in [7, 11) is 0. The topological polar surface area (TPSA) is 47.6 Å². The standard InChI is InChI=1S/C26H28BrNO3/c1-5-30-24-15-6-18(25(29)28-22-11-9-21(27)10-12-22)16-19(24)17-31-23-13-7-20(8-14-23)26(2,3)4/h6-16H,5,17H2,1-4H3,(H,28,29). The summed E-state index contributed by atoms with van der Waals surface area (Å²) in [6, 6.07) is 21.0. The molecule has 0 aliphatic rings. The number of benzene rings is 3. The number of ether oxygens (including phenoxy) is 2. The van der Waals surface area contributed by atoms with E-state index in [1.807, 2.05) is 55.5 Å². The fourth-order valence-electron chi connectivity index (χ4n) is 3.08. The van der Waals surface area contributed by atoms with E-state index >= 15 is 0 Å². The Kier molecular flexibility index (Phi) is 7.39. The van der Waals surface area contributed by atoms with Crippen LogP contribution in [0.2, 0.25) is 0 Å². The lowest BCUT2D eigenvalue weighted by Gasteiger charge is -2.19. The minimum Gasteiger partial charge on any atom is -0.493 e. The number of carbonyl (C=O) groups excluding carboxylic acids is 1. The smallest absolute Gasteiger partial charge is 0.255 e. The Labute approximate surface area is 192 Å². The molecule has 1 amide bonds. The minimum atomic E-state index is -0.179. The maximum atomic E-state index is 12.7. The Morgan fingerprint density at radius 3 is 2.23 bits per heavy atom. The Balaban J connectivity index is 1.75. The third-order valence-electron chi connectivity index (χ3n) is 4.84. The van der Waals surface area contributed by atoms with Gasteiger partial charge in [-0.2, -0.15) is 0 Å². The second kappa shape index (κ2) is 10.0. The molecule has 0 saturated carbocycles. The summed E-state index contributed by atoms with van der Waals surface area (Å²) in [4.78, 5) is 12.7. The van der Waals surface area contributed by atoms with E-state index in [1.54, 1.807) is 6.07 Å². The number of halogens is 1. The molecule has 0 fully saturated rings. The molecule has 0 heterocycles. The van der Waals surface area contributed by atoms with Crippen LogP contribution >= 0.6 is 15.9 Å². The molecule has 0 aliphatic heterocycles. The lowest BCUT2D eigenvalue weighted by molar-refractivity contribution is 0.102. The van der Waals surface area contributed by atoms with Crippen LogP contribution in [0.5, 0.6) is 11.5 Å². The molecule has 3 aromatic rings. The highest BCUT2D eigenvalue weighted by Crippen LogP contribution is 2.26. The van der Waals surface area contributed by atoms with Crippen molar-refractivity contribution in [2.24, 2.45) is 0 Å². The van der Waals surface area contributed by atoms with Crippen LogP contribution < -0.4 is 14.8 Å². The lowest BCUT2D eigenvalue weighted by Crippen LogP contribution is -2.13. The SMILES string of the molecule is CCOc1ccc(C(=O)Nc2ccc(Br)cc2)cc1COc1ccc(C(C)(C)C)cc1. The van der Waals surface area contributed by atoms with Gasteiger partial charge >= 0.3 is 0 Å². The number of rotatable bonds is 7. The van der Waals surface area contributed by atoms with Crippen LogP contribution in [0.25, 0.3) is 0 Å². The van der Waals surface area contributed by atoms with Gasteiger partial charge in [-0.25, -0.2) is 0 Å². The molecule has 0 bridgehead atoms. The van der Waals surface area contributed by atoms with Gasteiger partial charge in [0.2, 0.25) is 0 Å². The largest absolute Gasteiger partial charge is 0.493 e. The summed E-state index contributed by atoms with van der Waals surface area (Å²) in [5.41, 5.74) is 3.45. The van der Waals surface area contributed by atoms with Crippen molar-refractivity contribution in [2.45, 2.75) is 39.7 Å². The second-order valence-electron chi connectivity index (χ2n) is 8.28. The van der Waals surface area contributed by atoms with Gasteiger partial charge in [-0.05, 0) is 72.5 Å². The Morgan fingerprint density at radius 1 is 0.935 bits per heavy atom. The third-order valence-corrected chi connectivity index (χ3v) is 5.37. The summed E-state index contributed by atoms with van der Waals surface area (Å²) >= 11 is 3.40. The van der Waals surface area contributed by atoms with Crippen molar-refractivity contribution >= 4 is 27.5 Å². The molecule has 3 rings (SSSR count). The van der Waals surface area contributed by atoms with Crippen molar-refractivity contribution in [2.75, 3.05) is 11.9 Å². The predicted molar refractivity (Wildman–Crippen MR) is 129 cm³/mol. The first-order chi connectivity index (χ1) is 14.8. The molecule has 0 aromatic heterocycles. The molecular formula is C26H28BrNO3. The molecule has 1 N–H and O–H groups in total. The van der Waals surface area contributed by atoms with Crippen LogP contribution in [0, 0.1) is 0 Å². The van der Waals surface area contributed by atoms with Crippen molar-refractivity contribution < 1.29 is 14.3 Å². The van der Waals surface area contributed by atoms with Crippen LogP contribution in [-0.4, -0.2) is 12.5 Å². The third kappa shape index (κ3) is 6.34. The number of carbonyl (C=O) groups is 1. The van der Waals surface area contributed by atoms with Crippen LogP contribution in [-0.2, 0) is 12.0 Å². The normalized spacial score (nSPS) is 11.1. The van der Waals surface area contributed by atoms with E-state index in [2.05, 4.69) is 54.2 Å². The number of amides is 1. The van der Waals surface area contributed by atoms with E-state index in [9.17, 15) is 4.79 Å².